The number of hydrogen-bond acceptors (Lipinski definition) is 3. The molecular weight excluding hydrogens is 224 g/mol. The summed E-state index contributed by atoms with van der Waals surface area (Å²) in [5, 5.41) is 17.9. The van der Waals surface area contributed by atoms with Gasteiger partial charge < -0.3 is 5.11 Å². The third kappa shape index (κ3) is 2.94. The Labute approximate surface area is 107 Å². The summed E-state index contributed by atoms with van der Waals surface area (Å²) in [5.74, 6) is 0.171. The molecule has 92 valence electrons. The average Bonchev–Trinajstić information content (AvgIpc) is 2.39. The highest BCUT2D eigenvalue weighted by Gasteiger charge is 2.00. The first-order valence-electron chi connectivity index (χ1n) is 5.99. The maximum atomic E-state index is 9.79. The van der Waals surface area contributed by atoms with Crippen LogP contribution in [0.2, 0.25) is 0 Å². The Morgan fingerprint density at radius 3 is 2.33 bits per heavy atom. The molecule has 3 heteroatoms. The topological polar surface area (TPSA) is 45.0 Å². The molecule has 0 spiro atoms. The van der Waals surface area contributed by atoms with Crippen LogP contribution in [0.15, 0.2) is 52.7 Å². The molecule has 2 aromatic rings. The van der Waals surface area contributed by atoms with E-state index in [-0.39, 0.29) is 5.75 Å². The predicted octanol–water partition coefficient (Wildman–Crippen LogP) is 4.68. The average molecular weight is 240 g/mol. The van der Waals surface area contributed by atoms with Gasteiger partial charge >= 0.3 is 0 Å². The number of rotatable bonds is 3. The standard InChI is InChI=1S/C15H16N2O/c1-3-12-6-9-14(15(18)10-12)17-16-13-7-4-11(2)5-8-13/h4-10,18H,3H2,1-2H3/b17-16+. The van der Waals surface area contributed by atoms with Crippen molar-refractivity contribution in [1.29, 1.82) is 0 Å². The molecule has 2 rings (SSSR count). The Bertz CT molecular complexity index is 559. The molecule has 2 aromatic carbocycles. The van der Waals surface area contributed by atoms with Crippen molar-refractivity contribution in [2.45, 2.75) is 20.3 Å². The molecule has 0 aliphatic heterocycles. The lowest BCUT2D eigenvalue weighted by Crippen LogP contribution is -1.78. The lowest BCUT2D eigenvalue weighted by molar-refractivity contribution is 0.475. The van der Waals surface area contributed by atoms with E-state index < -0.39 is 0 Å². The van der Waals surface area contributed by atoms with Crippen LogP contribution in [0.4, 0.5) is 11.4 Å². The van der Waals surface area contributed by atoms with E-state index in [0.29, 0.717) is 5.69 Å². The molecule has 18 heavy (non-hydrogen) atoms. The van der Waals surface area contributed by atoms with Crippen LogP contribution in [-0.2, 0) is 6.42 Å². The van der Waals surface area contributed by atoms with E-state index in [2.05, 4.69) is 10.2 Å². The van der Waals surface area contributed by atoms with E-state index in [0.717, 1.165) is 17.7 Å². The molecule has 0 unspecified atom stereocenters. The van der Waals surface area contributed by atoms with Crippen molar-refractivity contribution >= 4 is 11.4 Å². The maximum absolute atomic E-state index is 9.79. The number of aryl methyl sites for hydroxylation is 2. The van der Waals surface area contributed by atoms with Crippen LogP contribution in [0.3, 0.4) is 0 Å². The van der Waals surface area contributed by atoms with Crippen molar-refractivity contribution in [2.24, 2.45) is 10.2 Å². The normalized spacial score (nSPS) is 11.0. The number of hydrogen-bond donors (Lipinski definition) is 1. The van der Waals surface area contributed by atoms with Crippen molar-refractivity contribution in [1.82, 2.24) is 0 Å². The first-order chi connectivity index (χ1) is 8.69. The van der Waals surface area contributed by atoms with Gasteiger partial charge in [-0.15, -0.1) is 5.11 Å². The van der Waals surface area contributed by atoms with E-state index in [1.807, 2.05) is 44.2 Å². The highest BCUT2D eigenvalue weighted by Crippen LogP contribution is 2.29. The zero-order valence-electron chi connectivity index (χ0n) is 10.6. The van der Waals surface area contributed by atoms with Gasteiger partial charge in [-0.2, -0.15) is 5.11 Å². The second kappa shape index (κ2) is 5.45. The summed E-state index contributed by atoms with van der Waals surface area (Å²) < 4.78 is 0. The molecule has 0 amide bonds. The lowest BCUT2D eigenvalue weighted by Gasteiger charge is -2.00. The fourth-order valence-electron chi connectivity index (χ4n) is 1.60. The van der Waals surface area contributed by atoms with E-state index in [9.17, 15) is 5.11 Å². The van der Waals surface area contributed by atoms with Crippen LogP contribution in [0, 0.1) is 6.92 Å². The Hall–Kier alpha value is -2.16. The van der Waals surface area contributed by atoms with Gasteiger partial charge in [-0.05, 0) is 43.2 Å². The zero-order chi connectivity index (χ0) is 13.0. The van der Waals surface area contributed by atoms with Gasteiger partial charge in [0, 0.05) is 0 Å². The maximum Gasteiger partial charge on any atom is 0.143 e. The molecular formula is C15H16N2O. The SMILES string of the molecule is CCc1ccc(/N=N/c2ccc(C)cc2)c(O)c1. The largest absolute Gasteiger partial charge is 0.506 e. The van der Waals surface area contributed by atoms with E-state index >= 15 is 0 Å². The molecule has 0 heterocycles. The Morgan fingerprint density at radius 2 is 1.72 bits per heavy atom. The summed E-state index contributed by atoms with van der Waals surface area (Å²) in [6.45, 7) is 4.07. The fourth-order valence-corrected chi connectivity index (χ4v) is 1.60. The Morgan fingerprint density at radius 1 is 1.00 bits per heavy atom. The van der Waals surface area contributed by atoms with Gasteiger partial charge in [0.1, 0.15) is 11.4 Å². The van der Waals surface area contributed by atoms with Crippen molar-refractivity contribution < 1.29 is 5.11 Å². The van der Waals surface area contributed by atoms with Crippen molar-refractivity contribution in [3.63, 3.8) is 0 Å². The van der Waals surface area contributed by atoms with Crippen LogP contribution >= 0.6 is 0 Å². The summed E-state index contributed by atoms with van der Waals surface area (Å²) >= 11 is 0. The minimum Gasteiger partial charge on any atom is -0.506 e. The number of phenolic OH excluding ortho intramolecular Hbond substituents is 1. The molecule has 0 aliphatic carbocycles. The highest BCUT2D eigenvalue weighted by atomic mass is 16.3. The number of phenols is 1. The molecule has 3 nitrogen and oxygen atoms in total. The first-order valence-corrected chi connectivity index (χ1v) is 5.99. The molecule has 0 fully saturated rings. The minimum absolute atomic E-state index is 0.171. The van der Waals surface area contributed by atoms with Crippen LogP contribution in [0.25, 0.3) is 0 Å². The minimum atomic E-state index is 0.171. The van der Waals surface area contributed by atoms with Crippen LogP contribution in [0.5, 0.6) is 5.75 Å². The Balaban J connectivity index is 2.20. The van der Waals surface area contributed by atoms with E-state index in [1.165, 1.54) is 5.56 Å². The van der Waals surface area contributed by atoms with Gasteiger partial charge in [0.2, 0.25) is 0 Å². The molecule has 0 atom stereocenters. The summed E-state index contributed by atoms with van der Waals surface area (Å²) in [4.78, 5) is 0. The van der Waals surface area contributed by atoms with Gasteiger partial charge in [-0.25, -0.2) is 0 Å². The second-order valence-electron chi connectivity index (χ2n) is 4.21. The Kier molecular flexibility index (Phi) is 3.72. The first kappa shape index (κ1) is 12.3. The molecule has 0 aromatic heterocycles. The third-order valence-electron chi connectivity index (χ3n) is 2.76. The monoisotopic (exact) mass is 240 g/mol. The van der Waals surface area contributed by atoms with Crippen LogP contribution in [-0.4, -0.2) is 5.11 Å². The van der Waals surface area contributed by atoms with Gasteiger partial charge in [-0.3, -0.25) is 0 Å². The molecule has 1 N–H and O–H groups in total. The van der Waals surface area contributed by atoms with Crippen molar-refractivity contribution in [3.05, 3.63) is 53.6 Å². The van der Waals surface area contributed by atoms with Crippen LogP contribution in [0.1, 0.15) is 18.1 Å². The molecule has 0 saturated carbocycles. The van der Waals surface area contributed by atoms with E-state index in [4.69, 9.17) is 0 Å². The fraction of sp³-hybridized carbons (Fsp3) is 0.200. The summed E-state index contributed by atoms with van der Waals surface area (Å²) in [6, 6.07) is 13.2. The smallest absolute Gasteiger partial charge is 0.143 e. The quantitative estimate of drug-likeness (QED) is 0.778. The summed E-state index contributed by atoms with van der Waals surface area (Å²) in [6.07, 6.45) is 0.892. The van der Waals surface area contributed by atoms with E-state index in [1.54, 1.807) is 12.1 Å². The van der Waals surface area contributed by atoms with Crippen molar-refractivity contribution in [3.8, 4) is 5.75 Å². The highest BCUT2D eigenvalue weighted by molar-refractivity contribution is 5.52. The van der Waals surface area contributed by atoms with Crippen molar-refractivity contribution in [2.75, 3.05) is 0 Å². The number of azo groups is 1. The third-order valence-corrected chi connectivity index (χ3v) is 2.76. The molecule has 0 aliphatic rings. The lowest BCUT2D eigenvalue weighted by atomic mass is 10.1. The summed E-state index contributed by atoms with van der Waals surface area (Å²) in [5.41, 5.74) is 3.54. The number of aromatic hydroxyl groups is 1. The van der Waals surface area contributed by atoms with Crippen LogP contribution < -0.4 is 0 Å². The number of nitrogens with zero attached hydrogens (tertiary/aromatic N) is 2. The molecule has 0 saturated heterocycles. The van der Waals surface area contributed by atoms with Gasteiger partial charge in [-0.1, -0.05) is 30.7 Å². The number of benzene rings is 2. The molecule has 0 radical (unpaired) electrons. The summed E-state index contributed by atoms with van der Waals surface area (Å²) in [7, 11) is 0. The van der Waals surface area contributed by atoms with Gasteiger partial charge in [0.05, 0.1) is 5.69 Å². The predicted molar refractivity (Wildman–Crippen MR) is 72.8 cm³/mol. The van der Waals surface area contributed by atoms with Gasteiger partial charge in [0.25, 0.3) is 0 Å². The van der Waals surface area contributed by atoms with Gasteiger partial charge in [0.15, 0.2) is 0 Å². The zero-order valence-corrected chi connectivity index (χ0v) is 10.6. The second-order valence-corrected chi connectivity index (χ2v) is 4.21. The molecule has 0 bridgehead atoms.